The van der Waals surface area contributed by atoms with Gasteiger partial charge in [0.25, 0.3) is 0 Å². The highest BCUT2D eigenvalue weighted by molar-refractivity contribution is 7.92. The van der Waals surface area contributed by atoms with Crippen LogP contribution in [0.25, 0.3) is 11.0 Å². The van der Waals surface area contributed by atoms with Crippen LogP contribution in [0, 0.1) is 0 Å². The largest absolute Gasteiger partial charge is 0.506 e. The van der Waals surface area contributed by atoms with Gasteiger partial charge in [0.1, 0.15) is 5.75 Å². The molecule has 0 saturated heterocycles. The summed E-state index contributed by atoms with van der Waals surface area (Å²) in [6.07, 6.45) is 9.23. The van der Waals surface area contributed by atoms with E-state index in [0.717, 1.165) is 39.9 Å². The molecule has 4 aromatic rings. The van der Waals surface area contributed by atoms with Gasteiger partial charge >= 0.3 is 0 Å². The summed E-state index contributed by atoms with van der Waals surface area (Å²) in [4.78, 5) is 13.1. The molecular weight excluding hydrogens is 458 g/mol. The Labute approximate surface area is 195 Å². The van der Waals surface area contributed by atoms with Crippen LogP contribution in [0.3, 0.4) is 0 Å². The van der Waals surface area contributed by atoms with Gasteiger partial charge in [-0.15, -0.1) is 0 Å². The fourth-order valence-electron chi connectivity index (χ4n) is 4.28. The first-order valence-electron chi connectivity index (χ1n) is 10.7. The van der Waals surface area contributed by atoms with E-state index in [1.807, 2.05) is 4.68 Å². The van der Waals surface area contributed by atoms with Crippen LogP contribution in [0.15, 0.2) is 49.1 Å². The van der Waals surface area contributed by atoms with E-state index in [1.54, 1.807) is 42.9 Å². The Kier molecular flexibility index (Phi) is 5.54. The van der Waals surface area contributed by atoms with Gasteiger partial charge in [0.15, 0.2) is 5.65 Å². The van der Waals surface area contributed by atoms with E-state index in [9.17, 15) is 18.6 Å². The first-order chi connectivity index (χ1) is 16.3. The fraction of sp³-hybridized carbons (Fsp3) is 0.273. The van der Waals surface area contributed by atoms with Crippen molar-refractivity contribution in [3.8, 4) is 5.75 Å². The maximum Gasteiger partial charge on any atom is 0.232 e. The molecule has 0 spiro atoms. The van der Waals surface area contributed by atoms with E-state index in [1.165, 1.54) is 6.20 Å². The van der Waals surface area contributed by atoms with Crippen molar-refractivity contribution < 1.29 is 18.6 Å². The molecule has 11 nitrogen and oxygen atoms in total. The molecule has 3 aromatic heterocycles. The van der Waals surface area contributed by atoms with Crippen molar-refractivity contribution in [3.05, 3.63) is 60.2 Å². The molecule has 0 bridgehead atoms. The molecule has 1 unspecified atom stereocenters. The summed E-state index contributed by atoms with van der Waals surface area (Å²) in [5, 5.41) is 27.8. The molecule has 176 valence electrons. The lowest BCUT2D eigenvalue weighted by atomic mass is 10.1. The molecular formula is C22H23N7O4S. The smallest absolute Gasteiger partial charge is 0.232 e. The van der Waals surface area contributed by atoms with Crippen molar-refractivity contribution in [2.45, 2.75) is 18.9 Å². The molecule has 0 amide bonds. The minimum Gasteiger partial charge on any atom is -0.506 e. The average molecular weight is 482 g/mol. The molecule has 0 saturated carbocycles. The number of nitrogens with zero attached hydrogens (tertiary/aromatic N) is 6. The summed E-state index contributed by atoms with van der Waals surface area (Å²) in [5.41, 5.74) is 3.61. The Balaban J connectivity index is 1.42. The monoisotopic (exact) mass is 481 g/mol. The van der Waals surface area contributed by atoms with E-state index < -0.39 is 10.0 Å². The fourth-order valence-corrected chi connectivity index (χ4v) is 5.20. The highest BCUT2D eigenvalue weighted by Gasteiger charge is 2.28. The molecule has 0 radical (unpaired) electrons. The van der Waals surface area contributed by atoms with E-state index in [0.29, 0.717) is 23.0 Å². The number of aliphatic hydroxyl groups is 1. The molecule has 1 aliphatic rings. The first-order valence-corrected chi connectivity index (χ1v) is 12.5. The second-order valence-corrected chi connectivity index (χ2v) is 9.98. The number of hydrogen-bond donors (Lipinski definition) is 3. The zero-order valence-corrected chi connectivity index (χ0v) is 19.1. The number of hydrogen-bond acceptors (Lipinski definition) is 9. The zero-order chi connectivity index (χ0) is 23.9. The van der Waals surface area contributed by atoms with Gasteiger partial charge in [0, 0.05) is 29.2 Å². The number of rotatable bonds is 7. The third-order valence-corrected chi connectivity index (χ3v) is 7.03. The van der Waals surface area contributed by atoms with Crippen LogP contribution < -0.4 is 9.62 Å². The third kappa shape index (κ3) is 4.01. The number of aromatic nitrogens is 5. The second kappa shape index (κ2) is 8.54. The predicted octanol–water partition coefficient (Wildman–Crippen LogP) is 1.96. The van der Waals surface area contributed by atoms with Crippen LogP contribution in [-0.2, 0) is 16.4 Å². The zero-order valence-electron chi connectivity index (χ0n) is 18.3. The summed E-state index contributed by atoms with van der Waals surface area (Å²) in [5.74, 6) is 0.565. The van der Waals surface area contributed by atoms with Crippen LogP contribution in [0.5, 0.6) is 5.75 Å². The number of aliphatic hydroxyl groups excluding tert-OH is 1. The summed E-state index contributed by atoms with van der Waals surface area (Å²) >= 11 is 0. The average Bonchev–Trinajstić information content (AvgIpc) is 3.42. The number of aromatic hydroxyl groups is 1. The standard InChI is InChI=1S/C22H23N7O4S/c1-34(32,33)28(8-9-30)16-4-2-15(3-5-16)26-22-24-10-14-11-25-29(21(14)27-22)19-7-6-17-18(19)12-23-13-20(17)31/h2-5,10-13,19,30-31H,6-9H2,1H3,(H,24,26,27). The Morgan fingerprint density at radius 1 is 1.18 bits per heavy atom. The van der Waals surface area contributed by atoms with Crippen molar-refractivity contribution in [2.75, 3.05) is 29.0 Å². The van der Waals surface area contributed by atoms with Crippen LogP contribution in [0.2, 0.25) is 0 Å². The summed E-state index contributed by atoms with van der Waals surface area (Å²) in [7, 11) is -3.51. The first kappa shape index (κ1) is 22.0. The van der Waals surface area contributed by atoms with Gasteiger partial charge in [-0.3, -0.25) is 9.29 Å². The predicted molar refractivity (Wildman–Crippen MR) is 127 cm³/mol. The van der Waals surface area contributed by atoms with Crippen LogP contribution in [0.4, 0.5) is 17.3 Å². The molecule has 1 atom stereocenters. The summed E-state index contributed by atoms with van der Waals surface area (Å²) < 4.78 is 26.9. The lowest BCUT2D eigenvalue weighted by Crippen LogP contribution is -2.32. The molecule has 1 aromatic carbocycles. The Morgan fingerprint density at radius 2 is 1.97 bits per heavy atom. The molecule has 12 heteroatoms. The molecule has 1 aliphatic carbocycles. The van der Waals surface area contributed by atoms with Crippen LogP contribution >= 0.6 is 0 Å². The molecule has 0 fully saturated rings. The van der Waals surface area contributed by atoms with Crippen molar-refractivity contribution in [2.24, 2.45) is 0 Å². The minimum atomic E-state index is -3.51. The third-order valence-electron chi connectivity index (χ3n) is 5.84. The van der Waals surface area contributed by atoms with Gasteiger partial charge in [-0.25, -0.2) is 18.1 Å². The SMILES string of the molecule is CS(=O)(=O)N(CCO)c1ccc(Nc2ncc3cnn(C4CCc5c(O)cncc54)c3n2)cc1. The quantitative estimate of drug-likeness (QED) is 0.360. The van der Waals surface area contributed by atoms with E-state index in [2.05, 4.69) is 25.4 Å². The van der Waals surface area contributed by atoms with Gasteiger partial charge in [-0.1, -0.05) is 0 Å². The number of nitrogens with one attached hydrogen (secondary N) is 1. The minimum absolute atomic E-state index is 0.0209. The lowest BCUT2D eigenvalue weighted by molar-refractivity contribution is 0.307. The summed E-state index contributed by atoms with van der Waals surface area (Å²) in [6.45, 7) is -0.303. The number of benzene rings is 1. The number of sulfonamides is 1. The Morgan fingerprint density at radius 3 is 2.71 bits per heavy atom. The van der Waals surface area contributed by atoms with Crippen LogP contribution in [-0.4, -0.2) is 62.8 Å². The van der Waals surface area contributed by atoms with E-state index >= 15 is 0 Å². The van der Waals surface area contributed by atoms with Crippen molar-refractivity contribution >= 4 is 38.4 Å². The number of pyridine rings is 1. The second-order valence-electron chi connectivity index (χ2n) is 8.07. The number of anilines is 3. The highest BCUT2D eigenvalue weighted by atomic mass is 32.2. The number of fused-ring (bicyclic) bond motifs is 2. The molecule has 0 aliphatic heterocycles. The van der Waals surface area contributed by atoms with E-state index in [4.69, 9.17) is 0 Å². The molecule has 5 rings (SSSR count). The Bertz CT molecular complexity index is 1450. The lowest BCUT2D eigenvalue weighted by Gasteiger charge is -2.21. The van der Waals surface area contributed by atoms with Gasteiger partial charge in [0.2, 0.25) is 16.0 Å². The van der Waals surface area contributed by atoms with Crippen molar-refractivity contribution in [1.82, 2.24) is 24.7 Å². The highest BCUT2D eigenvalue weighted by Crippen LogP contribution is 2.38. The van der Waals surface area contributed by atoms with Crippen molar-refractivity contribution in [1.29, 1.82) is 0 Å². The van der Waals surface area contributed by atoms with Gasteiger partial charge in [0.05, 0.1) is 48.9 Å². The maximum atomic E-state index is 12.0. The van der Waals surface area contributed by atoms with Crippen LogP contribution in [0.1, 0.15) is 23.6 Å². The van der Waals surface area contributed by atoms with Gasteiger partial charge in [-0.2, -0.15) is 10.1 Å². The molecule has 34 heavy (non-hydrogen) atoms. The molecule has 3 heterocycles. The van der Waals surface area contributed by atoms with Crippen molar-refractivity contribution in [3.63, 3.8) is 0 Å². The van der Waals surface area contributed by atoms with E-state index in [-0.39, 0.29) is 24.9 Å². The normalized spacial score (nSPS) is 15.4. The molecule has 3 N–H and O–H groups in total. The van der Waals surface area contributed by atoms with Gasteiger partial charge in [-0.05, 0) is 37.1 Å². The maximum absolute atomic E-state index is 12.0. The Hall–Kier alpha value is -3.77. The summed E-state index contributed by atoms with van der Waals surface area (Å²) in [6, 6.07) is 6.66. The van der Waals surface area contributed by atoms with Gasteiger partial charge < -0.3 is 15.5 Å². The topological polar surface area (TPSA) is 146 Å².